The molecule has 0 aliphatic carbocycles. The predicted octanol–water partition coefficient (Wildman–Crippen LogP) is 3.32. The predicted molar refractivity (Wildman–Crippen MR) is 91.4 cm³/mol. The second-order valence-electron chi connectivity index (χ2n) is 5.66. The van der Waals surface area contributed by atoms with Gasteiger partial charge in [0, 0.05) is 24.3 Å². The van der Waals surface area contributed by atoms with Crippen LogP contribution in [0.2, 0.25) is 0 Å². The number of aromatic nitrogens is 2. The highest BCUT2D eigenvalue weighted by molar-refractivity contribution is 5.70. The van der Waals surface area contributed by atoms with Crippen LogP contribution in [0.4, 0.5) is 5.95 Å². The molecule has 0 atom stereocenters. The van der Waals surface area contributed by atoms with E-state index in [0.717, 1.165) is 53.9 Å². The highest BCUT2D eigenvalue weighted by Gasteiger charge is 2.18. The summed E-state index contributed by atoms with van der Waals surface area (Å²) in [7, 11) is 3.34. The summed E-state index contributed by atoms with van der Waals surface area (Å²) >= 11 is 0. The Hall–Kier alpha value is -2.30. The van der Waals surface area contributed by atoms with E-state index < -0.39 is 0 Å². The van der Waals surface area contributed by atoms with Crippen molar-refractivity contribution in [2.75, 3.05) is 32.2 Å². The van der Waals surface area contributed by atoms with Gasteiger partial charge in [-0.1, -0.05) is 6.92 Å². The third kappa shape index (κ3) is 3.23. The molecule has 0 amide bonds. The van der Waals surface area contributed by atoms with E-state index in [9.17, 15) is 0 Å². The van der Waals surface area contributed by atoms with E-state index in [4.69, 9.17) is 19.4 Å². The zero-order valence-corrected chi connectivity index (χ0v) is 14.0. The van der Waals surface area contributed by atoms with E-state index in [1.807, 2.05) is 24.3 Å². The molecule has 0 saturated carbocycles. The molecule has 3 rings (SSSR count). The first kappa shape index (κ1) is 15.6. The van der Waals surface area contributed by atoms with Crippen LogP contribution in [-0.4, -0.2) is 37.3 Å². The van der Waals surface area contributed by atoms with Gasteiger partial charge in [-0.2, -0.15) is 0 Å². The minimum atomic E-state index is 0.791. The smallest absolute Gasteiger partial charge is 0.226 e. The standard InChI is InChI=1S/C18H23N3O2/c1-4-13-11-16(20-18(19-13)21-9-5-6-10-21)15-12-14(22-2)7-8-17(15)23-3/h7-8,11-12H,4-6,9-10H2,1-3H3. The average Bonchev–Trinajstić information content (AvgIpc) is 3.15. The fourth-order valence-corrected chi connectivity index (χ4v) is 2.88. The van der Waals surface area contributed by atoms with Gasteiger partial charge in [0.25, 0.3) is 0 Å². The highest BCUT2D eigenvalue weighted by Crippen LogP contribution is 2.33. The van der Waals surface area contributed by atoms with Gasteiger partial charge in [0.1, 0.15) is 11.5 Å². The molecule has 122 valence electrons. The van der Waals surface area contributed by atoms with Gasteiger partial charge in [0.05, 0.1) is 19.9 Å². The van der Waals surface area contributed by atoms with Crippen LogP contribution in [0.25, 0.3) is 11.3 Å². The lowest BCUT2D eigenvalue weighted by Crippen LogP contribution is -2.21. The van der Waals surface area contributed by atoms with Crippen LogP contribution in [0, 0.1) is 0 Å². The van der Waals surface area contributed by atoms with E-state index in [1.165, 1.54) is 12.8 Å². The van der Waals surface area contributed by atoms with E-state index in [2.05, 4.69) is 11.8 Å². The Morgan fingerprint density at radius 3 is 2.48 bits per heavy atom. The number of nitrogens with zero attached hydrogens (tertiary/aromatic N) is 3. The maximum Gasteiger partial charge on any atom is 0.226 e. The second-order valence-corrected chi connectivity index (χ2v) is 5.66. The van der Waals surface area contributed by atoms with E-state index in [1.54, 1.807) is 14.2 Å². The van der Waals surface area contributed by atoms with Gasteiger partial charge in [0.2, 0.25) is 5.95 Å². The van der Waals surface area contributed by atoms with E-state index in [0.29, 0.717) is 0 Å². The van der Waals surface area contributed by atoms with Crippen molar-refractivity contribution in [1.82, 2.24) is 9.97 Å². The Morgan fingerprint density at radius 2 is 1.83 bits per heavy atom. The summed E-state index contributed by atoms with van der Waals surface area (Å²) in [4.78, 5) is 11.8. The van der Waals surface area contributed by atoms with Gasteiger partial charge in [0.15, 0.2) is 0 Å². The molecule has 0 spiro atoms. The van der Waals surface area contributed by atoms with Gasteiger partial charge in [-0.15, -0.1) is 0 Å². The minimum absolute atomic E-state index is 0.791. The van der Waals surface area contributed by atoms with Crippen molar-refractivity contribution in [3.63, 3.8) is 0 Å². The van der Waals surface area contributed by atoms with Crippen LogP contribution in [-0.2, 0) is 6.42 Å². The molecule has 1 saturated heterocycles. The summed E-state index contributed by atoms with van der Waals surface area (Å²) in [6.45, 7) is 4.17. The molecule has 1 fully saturated rings. The first-order valence-corrected chi connectivity index (χ1v) is 8.10. The van der Waals surface area contributed by atoms with Crippen LogP contribution >= 0.6 is 0 Å². The summed E-state index contributed by atoms with van der Waals surface area (Å²) in [6, 6.07) is 7.81. The number of ether oxygens (including phenoxy) is 2. The van der Waals surface area contributed by atoms with E-state index in [-0.39, 0.29) is 0 Å². The monoisotopic (exact) mass is 313 g/mol. The fourth-order valence-electron chi connectivity index (χ4n) is 2.88. The molecule has 0 N–H and O–H groups in total. The Balaban J connectivity index is 2.09. The molecular weight excluding hydrogens is 290 g/mol. The molecule has 5 heteroatoms. The Labute approximate surface area is 137 Å². The SMILES string of the molecule is CCc1cc(-c2cc(OC)ccc2OC)nc(N2CCCC2)n1. The lowest BCUT2D eigenvalue weighted by molar-refractivity contribution is 0.404. The molecule has 1 aliphatic heterocycles. The molecule has 0 radical (unpaired) electrons. The highest BCUT2D eigenvalue weighted by atomic mass is 16.5. The van der Waals surface area contributed by atoms with Crippen LogP contribution in [0.3, 0.4) is 0 Å². The van der Waals surface area contributed by atoms with Crippen molar-refractivity contribution in [1.29, 1.82) is 0 Å². The maximum absolute atomic E-state index is 5.51. The number of rotatable bonds is 5. The van der Waals surface area contributed by atoms with Crippen LogP contribution in [0.5, 0.6) is 11.5 Å². The summed E-state index contributed by atoms with van der Waals surface area (Å²) in [5.74, 6) is 2.40. The van der Waals surface area contributed by atoms with Gasteiger partial charge >= 0.3 is 0 Å². The van der Waals surface area contributed by atoms with Gasteiger partial charge in [-0.3, -0.25) is 0 Å². The Bertz CT molecular complexity index is 682. The molecule has 2 heterocycles. The second kappa shape index (κ2) is 6.86. The number of hydrogen-bond acceptors (Lipinski definition) is 5. The normalized spacial score (nSPS) is 14.1. The number of hydrogen-bond donors (Lipinski definition) is 0. The summed E-state index contributed by atoms with van der Waals surface area (Å²) in [5, 5.41) is 0. The first-order chi connectivity index (χ1) is 11.2. The number of methoxy groups -OCH3 is 2. The molecule has 1 aromatic carbocycles. The van der Waals surface area contributed by atoms with Crippen LogP contribution in [0.15, 0.2) is 24.3 Å². The Kier molecular flexibility index (Phi) is 4.65. The topological polar surface area (TPSA) is 47.5 Å². The maximum atomic E-state index is 5.51. The molecule has 0 bridgehead atoms. The van der Waals surface area contributed by atoms with Crippen molar-refractivity contribution in [3.8, 4) is 22.8 Å². The van der Waals surface area contributed by atoms with Gasteiger partial charge < -0.3 is 14.4 Å². The third-order valence-electron chi connectivity index (χ3n) is 4.20. The zero-order valence-electron chi connectivity index (χ0n) is 14.0. The van der Waals surface area contributed by atoms with Gasteiger partial charge in [-0.05, 0) is 43.5 Å². The summed E-state index contributed by atoms with van der Waals surface area (Å²) in [5.41, 5.74) is 2.86. The van der Waals surface area contributed by atoms with Crippen molar-refractivity contribution < 1.29 is 9.47 Å². The molecular formula is C18H23N3O2. The van der Waals surface area contributed by atoms with E-state index >= 15 is 0 Å². The molecule has 23 heavy (non-hydrogen) atoms. The van der Waals surface area contributed by atoms with Gasteiger partial charge in [-0.25, -0.2) is 9.97 Å². The van der Waals surface area contributed by atoms with Crippen molar-refractivity contribution in [2.45, 2.75) is 26.2 Å². The molecule has 0 unspecified atom stereocenters. The first-order valence-electron chi connectivity index (χ1n) is 8.10. The quantitative estimate of drug-likeness (QED) is 0.847. The van der Waals surface area contributed by atoms with Crippen molar-refractivity contribution >= 4 is 5.95 Å². The summed E-state index contributed by atoms with van der Waals surface area (Å²) < 4.78 is 10.9. The van der Waals surface area contributed by atoms with Crippen molar-refractivity contribution in [2.24, 2.45) is 0 Å². The number of anilines is 1. The van der Waals surface area contributed by atoms with Crippen molar-refractivity contribution in [3.05, 3.63) is 30.0 Å². The van der Waals surface area contributed by atoms with Crippen LogP contribution in [0.1, 0.15) is 25.5 Å². The largest absolute Gasteiger partial charge is 0.497 e. The molecule has 2 aromatic rings. The zero-order chi connectivity index (χ0) is 16.2. The Morgan fingerprint density at radius 1 is 1.04 bits per heavy atom. The van der Waals surface area contributed by atoms with Crippen LogP contribution < -0.4 is 14.4 Å². The molecule has 1 aromatic heterocycles. The molecule has 5 nitrogen and oxygen atoms in total. The lowest BCUT2D eigenvalue weighted by atomic mass is 10.1. The number of benzene rings is 1. The average molecular weight is 313 g/mol. The number of aryl methyl sites for hydroxylation is 1. The fraction of sp³-hybridized carbons (Fsp3) is 0.444. The molecule has 1 aliphatic rings. The summed E-state index contributed by atoms with van der Waals surface area (Å²) in [6.07, 6.45) is 3.29. The third-order valence-corrected chi connectivity index (χ3v) is 4.20. The minimum Gasteiger partial charge on any atom is -0.497 e. The lowest BCUT2D eigenvalue weighted by Gasteiger charge is -2.18.